The molecule has 2 aromatic heterocycles. The average molecular weight is 542 g/mol. The summed E-state index contributed by atoms with van der Waals surface area (Å²) in [5, 5.41) is 10.8. The van der Waals surface area contributed by atoms with Crippen molar-refractivity contribution in [2.45, 2.75) is 32.0 Å². The molecule has 0 aliphatic carbocycles. The van der Waals surface area contributed by atoms with Gasteiger partial charge in [0.1, 0.15) is 0 Å². The number of pyridine rings is 2. The van der Waals surface area contributed by atoms with Crippen molar-refractivity contribution in [1.29, 1.82) is 0 Å². The number of fused-ring (bicyclic) bond motifs is 4. The zero-order valence-corrected chi connectivity index (χ0v) is 23.3. The van der Waals surface area contributed by atoms with Gasteiger partial charge in [0.2, 0.25) is 5.43 Å². The summed E-state index contributed by atoms with van der Waals surface area (Å²) < 4.78 is 3.97. The molecule has 3 aliphatic heterocycles. The second kappa shape index (κ2) is 11.6. The molecule has 1 N–H and O–H groups in total. The smallest absolute Gasteiger partial charge is 0.250 e. The van der Waals surface area contributed by atoms with Crippen LogP contribution in [0.5, 0.6) is 5.75 Å². The zero-order valence-electron chi connectivity index (χ0n) is 23.3. The second-order valence-corrected chi connectivity index (χ2v) is 11.6. The Morgan fingerprint density at radius 2 is 1.65 bits per heavy atom. The predicted octanol–water partition coefficient (Wildman–Crippen LogP) is 2.70. The van der Waals surface area contributed by atoms with E-state index in [2.05, 4.69) is 57.2 Å². The molecular weight excluding hydrogens is 502 g/mol. The predicted molar refractivity (Wildman–Crippen MR) is 157 cm³/mol. The number of likely N-dealkylation sites (tertiary alicyclic amines) is 1. The van der Waals surface area contributed by atoms with E-state index < -0.39 is 0 Å². The molecule has 2 atom stereocenters. The van der Waals surface area contributed by atoms with Gasteiger partial charge in [0.15, 0.2) is 5.75 Å². The average Bonchev–Trinajstić information content (AvgIpc) is 2.96. The van der Waals surface area contributed by atoms with Gasteiger partial charge in [0.25, 0.3) is 5.56 Å². The van der Waals surface area contributed by atoms with Crippen molar-refractivity contribution < 1.29 is 5.11 Å². The highest BCUT2D eigenvalue weighted by molar-refractivity contribution is 5.48. The van der Waals surface area contributed by atoms with E-state index in [1.807, 2.05) is 28.3 Å². The Labute approximate surface area is 235 Å². The largest absolute Gasteiger partial charge is 0.503 e. The molecule has 2 saturated heterocycles. The molecule has 40 heavy (non-hydrogen) atoms. The first kappa shape index (κ1) is 26.7. The maximum Gasteiger partial charge on any atom is 0.250 e. The fourth-order valence-electron chi connectivity index (χ4n) is 6.72. The van der Waals surface area contributed by atoms with E-state index in [4.69, 9.17) is 0 Å². The van der Waals surface area contributed by atoms with Gasteiger partial charge in [-0.3, -0.25) is 24.3 Å². The summed E-state index contributed by atoms with van der Waals surface area (Å²) in [6.45, 7) is 8.35. The van der Waals surface area contributed by atoms with Crippen LogP contribution in [0.1, 0.15) is 35.0 Å². The van der Waals surface area contributed by atoms with Gasteiger partial charge in [0.05, 0.1) is 5.69 Å². The molecule has 0 saturated carbocycles. The highest BCUT2D eigenvalue weighted by Crippen LogP contribution is 2.35. The van der Waals surface area contributed by atoms with Crippen LogP contribution in [0.4, 0.5) is 0 Å². The number of piperidine rings is 1. The highest BCUT2D eigenvalue weighted by Gasteiger charge is 2.34. The summed E-state index contributed by atoms with van der Waals surface area (Å²) in [5.74, 6) is 0.621. The summed E-state index contributed by atoms with van der Waals surface area (Å²) in [6, 6.07) is 17.5. The van der Waals surface area contributed by atoms with Crippen LogP contribution in [0.2, 0.25) is 0 Å². The number of aromatic nitrogens is 2. The van der Waals surface area contributed by atoms with Crippen molar-refractivity contribution in [2.75, 3.05) is 45.8 Å². The molecule has 2 bridgehead atoms. The van der Waals surface area contributed by atoms with Crippen LogP contribution in [-0.4, -0.2) is 74.8 Å². The van der Waals surface area contributed by atoms with Crippen molar-refractivity contribution in [3.05, 3.63) is 104 Å². The second-order valence-electron chi connectivity index (χ2n) is 11.6. The molecule has 8 heteroatoms. The Balaban J connectivity index is 1.09. The lowest BCUT2D eigenvalue weighted by Gasteiger charge is -2.43. The molecule has 2 fully saturated rings. The monoisotopic (exact) mass is 541 g/mol. The van der Waals surface area contributed by atoms with Crippen molar-refractivity contribution in [2.24, 2.45) is 13.0 Å². The minimum absolute atomic E-state index is 0.0932. The van der Waals surface area contributed by atoms with E-state index in [9.17, 15) is 14.7 Å². The Bertz CT molecular complexity index is 1490. The quantitative estimate of drug-likeness (QED) is 0.496. The Morgan fingerprint density at radius 1 is 0.875 bits per heavy atom. The number of hydrogen-bond acceptors (Lipinski definition) is 6. The van der Waals surface area contributed by atoms with Crippen LogP contribution >= 0.6 is 0 Å². The molecule has 0 spiro atoms. The SMILES string of the molecule is Cn1c(CN2C[C@H]3C[C@@H](C2)c2cccc(=O)n2C3)cc(=O)c(O)c1CN1CCN(C/C=C/c2ccccc2)CC1. The van der Waals surface area contributed by atoms with Crippen LogP contribution in [-0.2, 0) is 26.7 Å². The van der Waals surface area contributed by atoms with Crippen molar-refractivity contribution >= 4 is 6.08 Å². The van der Waals surface area contributed by atoms with E-state index in [1.165, 1.54) is 5.56 Å². The van der Waals surface area contributed by atoms with Crippen molar-refractivity contribution in [1.82, 2.24) is 23.8 Å². The van der Waals surface area contributed by atoms with E-state index in [0.717, 1.165) is 70.2 Å². The van der Waals surface area contributed by atoms with Crippen LogP contribution in [0, 0.1) is 5.92 Å². The van der Waals surface area contributed by atoms with Gasteiger partial charge >= 0.3 is 0 Å². The third kappa shape index (κ3) is 5.70. The lowest BCUT2D eigenvalue weighted by molar-refractivity contribution is 0.111. The minimum atomic E-state index is -0.304. The fraction of sp³-hybridized carbons (Fsp3) is 0.438. The van der Waals surface area contributed by atoms with E-state index in [0.29, 0.717) is 30.6 Å². The minimum Gasteiger partial charge on any atom is -0.503 e. The number of aromatic hydroxyl groups is 1. The maximum atomic E-state index is 12.8. The molecule has 8 nitrogen and oxygen atoms in total. The first-order chi connectivity index (χ1) is 19.4. The Kier molecular flexibility index (Phi) is 7.74. The molecule has 6 rings (SSSR count). The first-order valence-electron chi connectivity index (χ1n) is 14.4. The van der Waals surface area contributed by atoms with Gasteiger partial charge in [-0.1, -0.05) is 48.6 Å². The van der Waals surface area contributed by atoms with Gasteiger partial charge in [-0.25, -0.2) is 0 Å². The molecule has 0 radical (unpaired) electrons. The topological polar surface area (TPSA) is 73.9 Å². The summed E-state index contributed by atoms with van der Waals surface area (Å²) in [6.07, 6.45) is 5.49. The van der Waals surface area contributed by atoms with Crippen LogP contribution in [0.15, 0.2) is 70.3 Å². The van der Waals surface area contributed by atoms with Crippen molar-refractivity contribution in [3.63, 3.8) is 0 Å². The van der Waals surface area contributed by atoms with Crippen LogP contribution < -0.4 is 11.0 Å². The third-order valence-electron chi connectivity index (χ3n) is 8.89. The fourth-order valence-corrected chi connectivity index (χ4v) is 6.72. The van der Waals surface area contributed by atoms with Crippen LogP contribution in [0.3, 0.4) is 0 Å². The molecule has 5 heterocycles. The van der Waals surface area contributed by atoms with Gasteiger partial charge < -0.3 is 14.2 Å². The number of rotatable bonds is 7. The van der Waals surface area contributed by atoms with E-state index in [-0.39, 0.29) is 16.7 Å². The standard InChI is InChI=1S/C32H39N5O3/c1-33-27(22-36-19-25-17-26(21-36)28-10-5-11-31(39)37(28)20-25)18-30(38)32(40)29(33)23-35-15-13-34(14-16-35)12-6-9-24-7-3-2-4-8-24/h2-11,18,25-26,40H,12-17,19-23H2,1H3/b9-6+/t25-,26+/m1/s1. The number of benzene rings is 1. The normalized spacial score (nSPS) is 22.0. The van der Waals surface area contributed by atoms with Gasteiger partial charge in [-0.05, 0) is 24.0 Å². The van der Waals surface area contributed by atoms with E-state index in [1.54, 1.807) is 12.1 Å². The Hall–Kier alpha value is -3.46. The third-order valence-corrected chi connectivity index (χ3v) is 8.89. The summed E-state index contributed by atoms with van der Waals surface area (Å²) >= 11 is 0. The number of piperazine rings is 1. The number of hydrogen-bond donors (Lipinski definition) is 1. The summed E-state index contributed by atoms with van der Waals surface area (Å²) in [5.41, 5.74) is 3.74. The molecule has 0 unspecified atom stereocenters. The summed E-state index contributed by atoms with van der Waals surface area (Å²) in [7, 11) is 1.97. The van der Waals surface area contributed by atoms with Gasteiger partial charge in [-0.15, -0.1) is 0 Å². The maximum absolute atomic E-state index is 12.8. The molecule has 3 aromatic rings. The molecule has 210 valence electrons. The molecule has 3 aliphatic rings. The first-order valence-corrected chi connectivity index (χ1v) is 14.4. The highest BCUT2D eigenvalue weighted by atomic mass is 16.3. The summed E-state index contributed by atoms with van der Waals surface area (Å²) in [4.78, 5) is 32.4. The lowest BCUT2D eigenvalue weighted by atomic mass is 9.83. The lowest BCUT2D eigenvalue weighted by Crippen LogP contribution is -2.47. The Morgan fingerprint density at radius 3 is 2.45 bits per heavy atom. The zero-order chi connectivity index (χ0) is 27.6. The van der Waals surface area contributed by atoms with Crippen LogP contribution in [0.25, 0.3) is 6.08 Å². The molecule has 1 aromatic carbocycles. The molecular formula is C32H39N5O3. The molecule has 0 amide bonds. The van der Waals surface area contributed by atoms with Gasteiger partial charge in [-0.2, -0.15) is 0 Å². The van der Waals surface area contributed by atoms with Gasteiger partial charge in [0, 0.05) is 102 Å². The van der Waals surface area contributed by atoms with Crippen molar-refractivity contribution in [3.8, 4) is 5.75 Å². The number of nitrogens with zero attached hydrogens (tertiary/aromatic N) is 5. The van der Waals surface area contributed by atoms with E-state index >= 15 is 0 Å².